The Labute approximate surface area is 90.3 Å². The van der Waals surface area contributed by atoms with Crippen LogP contribution in [0.1, 0.15) is 51.9 Å². The highest BCUT2D eigenvalue weighted by Gasteiger charge is 2.17. The highest BCUT2D eigenvalue weighted by atomic mass is 16.4. The molecule has 0 saturated carbocycles. The van der Waals surface area contributed by atoms with Crippen molar-refractivity contribution in [2.24, 2.45) is 5.92 Å². The van der Waals surface area contributed by atoms with Gasteiger partial charge in [0.25, 0.3) is 0 Å². The average Bonchev–Trinajstić information content (AvgIpc) is 2.15. The maximum Gasteiger partial charge on any atom is 0.306 e. The van der Waals surface area contributed by atoms with Crippen molar-refractivity contribution in [3.05, 3.63) is 0 Å². The lowest BCUT2D eigenvalue weighted by Crippen LogP contribution is -2.15. The number of unbranched alkanes of at least 4 members (excludes halogenated alkanes) is 3. The normalized spacial score (nSPS) is 12.3. The van der Waals surface area contributed by atoms with Crippen LogP contribution in [0.2, 0.25) is 0 Å². The summed E-state index contributed by atoms with van der Waals surface area (Å²) in [5, 5.41) is 17.3. The molecule has 0 aliphatic carbocycles. The maximum atomic E-state index is 10.8. The Balaban J connectivity index is 3.73. The van der Waals surface area contributed by atoms with E-state index in [1.54, 1.807) is 0 Å². The summed E-state index contributed by atoms with van der Waals surface area (Å²) in [6, 6.07) is 0. The second-order valence-electron chi connectivity index (χ2n) is 3.82. The Morgan fingerprint density at radius 1 is 1.07 bits per heavy atom. The van der Waals surface area contributed by atoms with E-state index in [1.165, 1.54) is 0 Å². The Morgan fingerprint density at radius 3 is 2.20 bits per heavy atom. The van der Waals surface area contributed by atoms with Gasteiger partial charge in [0, 0.05) is 6.42 Å². The zero-order chi connectivity index (χ0) is 11.7. The predicted octanol–water partition coefficient (Wildman–Crippen LogP) is 2.52. The number of rotatable bonds is 9. The van der Waals surface area contributed by atoms with Gasteiger partial charge in [-0.05, 0) is 12.8 Å². The first kappa shape index (κ1) is 13.9. The number of carbonyl (C=O) groups is 2. The van der Waals surface area contributed by atoms with Crippen molar-refractivity contribution in [2.75, 3.05) is 0 Å². The second kappa shape index (κ2) is 8.26. The van der Waals surface area contributed by atoms with Crippen LogP contribution in [0.4, 0.5) is 0 Å². The van der Waals surface area contributed by atoms with Crippen molar-refractivity contribution >= 4 is 11.9 Å². The Bertz CT molecular complexity index is 201. The minimum absolute atomic E-state index is 0.0508. The lowest BCUT2D eigenvalue weighted by molar-refractivity contribution is -0.143. The minimum Gasteiger partial charge on any atom is -0.481 e. The van der Waals surface area contributed by atoms with E-state index < -0.39 is 17.9 Å². The number of hydrogen-bond donors (Lipinski definition) is 2. The highest BCUT2D eigenvalue weighted by molar-refractivity contribution is 5.72. The monoisotopic (exact) mass is 216 g/mol. The van der Waals surface area contributed by atoms with E-state index in [9.17, 15) is 9.59 Å². The molecule has 4 heteroatoms. The van der Waals surface area contributed by atoms with E-state index in [-0.39, 0.29) is 12.8 Å². The number of aliphatic carboxylic acids is 2. The van der Waals surface area contributed by atoms with Crippen LogP contribution in [0.25, 0.3) is 0 Å². The van der Waals surface area contributed by atoms with E-state index >= 15 is 0 Å². The van der Waals surface area contributed by atoms with Gasteiger partial charge in [0.2, 0.25) is 0 Å². The molecule has 0 radical (unpaired) electrons. The van der Waals surface area contributed by atoms with Crippen LogP contribution in [-0.4, -0.2) is 22.2 Å². The van der Waals surface area contributed by atoms with Gasteiger partial charge in [-0.1, -0.05) is 32.6 Å². The van der Waals surface area contributed by atoms with Gasteiger partial charge >= 0.3 is 11.9 Å². The first-order valence-corrected chi connectivity index (χ1v) is 5.52. The van der Waals surface area contributed by atoms with Crippen LogP contribution in [0.5, 0.6) is 0 Å². The van der Waals surface area contributed by atoms with Gasteiger partial charge in [0.15, 0.2) is 0 Å². The fourth-order valence-electron chi connectivity index (χ4n) is 1.51. The maximum absolute atomic E-state index is 10.8. The van der Waals surface area contributed by atoms with E-state index in [0.29, 0.717) is 6.42 Å². The van der Waals surface area contributed by atoms with Gasteiger partial charge < -0.3 is 10.2 Å². The lowest BCUT2D eigenvalue weighted by Gasteiger charge is -2.10. The smallest absolute Gasteiger partial charge is 0.306 e. The molecule has 0 amide bonds. The van der Waals surface area contributed by atoms with Crippen LogP contribution in [-0.2, 0) is 9.59 Å². The second-order valence-corrected chi connectivity index (χ2v) is 3.82. The van der Waals surface area contributed by atoms with Crippen molar-refractivity contribution in [1.29, 1.82) is 0 Å². The van der Waals surface area contributed by atoms with Gasteiger partial charge in [0.1, 0.15) is 0 Å². The van der Waals surface area contributed by atoms with Gasteiger partial charge in [-0.3, -0.25) is 9.59 Å². The average molecular weight is 216 g/mol. The van der Waals surface area contributed by atoms with E-state index in [4.69, 9.17) is 10.2 Å². The molecular formula is C11H20O4. The molecule has 0 aromatic heterocycles. The zero-order valence-electron chi connectivity index (χ0n) is 9.24. The standard InChI is InChI=1S/C11H20O4/c1-2-3-4-5-6-9(11(14)15)7-8-10(12)13/h9H,2-8H2,1H3,(H,12,13)(H,14,15). The third-order valence-corrected chi connectivity index (χ3v) is 2.46. The quantitative estimate of drug-likeness (QED) is 0.581. The molecule has 1 atom stereocenters. The van der Waals surface area contributed by atoms with E-state index in [0.717, 1.165) is 25.7 Å². The molecule has 0 aliphatic rings. The molecule has 88 valence electrons. The van der Waals surface area contributed by atoms with Crippen molar-refractivity contribution < 1.29 is 19.8 Å². The minimum atomic E-state index is -0.921. The highest BCUT2D eigenvalue weighted by Crippen LogP contribution is 2.16. The van der Waals surface area contributed by atoms with Crippen LogP contribution in [0.15, 0.2) is 0 Å². The van der Waals surface area contributed by atoms with E-state index in [2.05, 4.69) is 6.92 Å². The molecular weight excluding hydrogens is 196 g/mol. The zero-order valence-corrected chi connectivity index (χ0v) is 9.24. The molecule has 2 N–H and O–H groups in total. The molecule has 0 heterocycles. The van der Waals surface area contributed by atoms with Crippen molar-refractivity contribution in [2.45, 2.75) is 51.9 Å². The third kappa shape index (κ3) is 7.97. The Hall–Kier alpha value is -1.06. The Kier molecular flexibility index (Phi) is 7.68. The summed E-state index contributed by atoms with van der Waals surface area (Å²) in [7, 11) is 0. The molecule has 1 unspecified atom stereocenters. The van der Waals surface area contributed by atoms with Gasteiger partial charge in [-0.15, -0.1) is 0 Å². The molecule has 0 fully saturated rings. The molecule has 4 nitrogen and oxygen atoms in total. The molecule has 0 aliphatic heterocycles. The van der Waals surface area contributed by atoms with Crippen LogP contribution >= 0.6 is 0 Å². The number of hydrogen-bond acceptors (Lipinski definition) is 2. The summed E-state index contributed by atoms with van der Waals surface area (Å²) in [6.45, 7) is 2.10. The van der Waals surface area contributed by atoms with Gasteiger partial charge in [-0.2, -0.15) is 0 Å². The summed E-state index contributed by atoms with van der Waals surface area (Å²) in [5.41, 5.74) is 0. The first-order valence-electron chi connectivity index (χ1n) is 5.52. The number of carboxylic acid groups (broad SMARTS) is 2. The summed E-state index contributed by atoms with van der Waals surface area (Å²) >= 11 is 0. The topological polar surface area (TPSA) is 74.6 Å². The molecule has 0 saturated heterocycles. The summed E-state index contributed by atoms with van der Waals surface area (Å²) in [6.07, 6.45) is 4.94. The fourth-order valence-corrected chi connectivity index (χ4v) is 1.51. The lowest BCUT2D eigenvalue weighted by atomic mass is 9.96. The molecule has 0 bridgehead atoms. The van der Waals surface area contributed by atoms with Gasteiger partial charge in [0.05, 0.1) is 5.92 Å². The number of carboxylic acids is 2. The van der Waals surface area contributed by atoms with Crippen LogP contribution in [0, 0.1) is 5.92 Å². The summed E-state index contributed by atoms with van der Waals surface area (Å²) in [4.78, 5) is 21.1. The molecule has 15 heavy (non-hydrogen) atoms. The Morgan fingerprint density at radius 2 is 1.73 bits per heavy atom. The predicted molar refractivity (Wildman–Crippen MR) is 56.8 cm³/mol. The molecule has 0 rings (SSSR count). The van der Waals surface area contributed by atoms with Crippen molar-refractivity contribution in [3.8, 4) is 0 Å². The van der Waals surface area contributed by atoms with E-state index in [1.807, 2.05) is 0 Å². The SMILES string of the molecule is CCCCCCC(CCC(=O)O)C(=O)O. The van der Waals surface area contributed by atoms with Crippen LogP contribution in [0.3, 0.4) is 0 Å². The van der Waals surface area contributed by atoms with Crippen molar-refractivity contribution in [1.82, 2.24) is 0 Å². The third-order valence-electron chi connectivity index (χ3n) is 2.46. The fraction of sp³-hybridized carbons (Fsp3) is 0.818. The van der Waals surface area contributed by atoms with Crippen molar-refractivity contribution in [3.63, 3.8) is 0 Å². The molecule has 0 aromatic rings. The molecule has 0 aromatic carbocycles. The first-order chi connectivity index (χ1) is 7.07. The van der Waals surface area contributed by atoms with Gasteiger partial charge in [-0.25, -0.2) is 0 Å². The molecule has 0 spiro atoms. The summed E-state index contributed by atoms with van der Waals surface area (Å²) in [5.74, 6) is -2.28. The largest absolute Gasteiger partial charge is 0.481 e. The summed E-state index contributed by atoms with van der Waals surface area (Å²) < 4.78 is 0. The van der Waals surface area contributed by atoms with Crippen LogP contribution < -0.4 is 0 Å².